The summed E-state index contributed by atoms with van der Waals surface area (Å²) in [7, 11) is 1.90. The third-order valence-electron chi connectivity index (χ3n) is 3.33. The van der Waals surface area contributed by atoms with E-state index in [0.717, 1.165) is 5.69 Å². The minimum atomic E-state index is -2.52. The van der Waals surface area contributed by atoms with Crippen molar-refractivity contribution in [3.05, 3.63) is 24.0 Å². The normalized spacial score (nSPS) is 24.0. The molecular formula is C11H16F2N2. The molecule has 0 unspecified atom stereocenters. The summed E-state index contributed by atoms with van der Waals surface area (Å²) in [6, 6.07) is 3.82. The number of nitrogens with zero attached hydrogens (tertiary/aromatic N) is 1. The van der Waals surface area contributed by atoms with Gasteiger partial charge in [0.05, 0.1) is 5.54 Å². The van der Waals surface area contributed by atoms with E-state index in [-0.39, 0.29) is 12.8 Å². The zero-order valence-electron chi connectivity index (χ0n) is 8.84. The van der Waals surface area contributed by atoms with Crippen molar-refractivity contribution in [1.82, 2.24) is 4.57 Å². The number of alkyl halides is 2. The van der Waals surface area contributed by atoms with Crippen LogP contribution in [0.3, 0.4) is 0 Å². The van der Waals surface area contributed by atoms with Gasteiger partial charge in [-0.3, -0.25) is 0 Å². The SMILES string of the molecule is Cn1cccc1C1(N)CCC(F)(F)CC1. The Labute approximate surface area is 88.1 Å². The first-order chi connectivity index (χ1) is 6.93. The lowest BCUT2D eigenvalue weighted by atomic mass is 9.78. The standard InChI is InChI=1S/C11H16F2N2/c1-15-8-2-3-9(15)10(14)4-6-11(12,13)7-5-10/h2-3,8H,4-7,14H2,1H3. The molecule has 84 valence electrons. The number of hydrogen-bond acceptors (Lipinski definition) is 1. The maximum atomic E-state index is 13.0. The van der Waals surface area contributed by atoms with Crippen LogP contribution in [-0.2, 0) is 12.6 Å². The van der Waals surface area contributed by atoms with Crippen LogP contribution in [0.15, 0.2) is 18.3 Å². The fourth-order valence-corrected chi connectivity index (χ4v) is 2.30. The molecule has 1 heterocycles. The average molecular weight is 214 g/mol. The van der Waals surface area contributed by atoms with E-state index in [2.05, 4.69) is 0 Å². The van der Waals surface area contributed by atoms with Crippen molar-refractivity contribution in [3.8, 4) is 0 Å². The number of rotatable bonds is 1. The Hall–Kier alpha value is -0.900. The molecule has 1 saturated carbocycles. The van der Waals surface area contributed by atoms with Crippen molar-refractivity contribution in [2.24, 2.45) is 12.8 Å². The summed E-state index contributed by atoms with van der Waals surface area (Å²) >= 11 is 0. The van der Waals surface area contributed by atoms with Crippen LogP contribution in [0.25, 0.3) is 0 Å². The molecule has 15 heavy (non-hydrogen) atoms. The lowest BCUT2D eigenvalue weighted by molar-refractivity contribution is -0.0522. The molecule has 0 saturated heterocycles. The Kier molecular flexibility index (Phi) is 2.34. The van der Waals surface area contributed by atoms with Crippen molar-refractivity contribution in [2.45, 2.75) is 37.1 Å². The van der Waals surface area contributed by atoms with Gasteiger partial charge in [-0.25, -0.2) is 8.78 Å². The largest absolute Gasteiger partial charge is 0.353 e. The molecule has 0 aromatic carbocycles. The van der Waals surface area contributed by atoms with Gasteiger partial charge in [0.15, 0.2) is 0 Å². The minimum absolute atomic E-state index is 0.103. The average Bonchev–Trinajstić information content (AvgIpc) is 2.58. The van der Waals surface area contributed by atoms with Crippen molar-refractivity contribution in [1.29, 1.82) is 0 Å². The Morgan fingerprint density at radius 2 is 1.87 bits per heavy atom. The van der Waals surface area contributed by atoms with Gasteiger partial charge in [0.25, 0.3) is 0 Å². The molecule has 0 atom stereocenters. The maximum Gasteiger partial charge on any atom is 0.248 e. The van der Waals surface area contributed by atoms with E-state index in [9.17, 15) is 8.78 Å². The molecule has 1 aromatic rings. The predicted octanol–water partition coefficient (Wildman–Crippen LogP) is 2.39. The van der Waals surface area contributed by atoms with Crippen molar-refractivity contribution >= 4 is 0 Å². The van der Waals surface area contributed by atoms with Crippen molar-refractivity contribution < 1.29 is 8.78 Å². The van der Waals surface area contributed by atoms with E-state index in [0.29, 0.717) is 12.8 Å². The van der Waals surface area contributed by atoms with Crippen molar-refractivity contribution in [2.75, 3.05) is 0 Å². The van der Waals surface area contributed by atoms with Crippen LogP contribution < -0.4 is 5.73 Å². The second-order valence-corrected chi connectivity index (χ2v) is 4.52. The summed E-state index contributed by atoms with van der Waals surface area (Å²) in [5.74, 6) is -2.52. The van der Waals surface area contributed by atoms with Crippen LogP contribution in [0.5, 0.6) is 0 Å². The van der Waals surface area contributed by atoms with Gasteiger partial charge in [-0.1, -0.05) is 0 Å². The molecule has 0 amide bonds. The smallest absolute Gasteiger partial charge is 0.248 e. The van der Waals surface area contributed by atoms with Gasteiger partial charge in [-0.2, -0.15) is 0 Å². The van der Waals surface area contributed by atoms with Gasteiger partial charge in [-0.15, -0.1) is 0 Å². The summed E-state index contributed by atoms with van der Waals surface area (Å²) in [4.78, 5) is 0. The summed E-state index contributed by atoms with van der Waals surface area (Å²) in [5.41, 5.74) is 6.58. The fraction of sp³-hybridized carbons (Fsp3) is 0.636. The zero-order valence-corrected chi connectivity index (χ0v) is 8.84. The molecule has 0 spiro atoms. The molecule has 4 heteroatoms. The highest BCUT2D eigenvalue weighted by Gasteiger charge is 2.42. The quantitative estimate of drug-likeness (QED) is 0.764. The second kappa shape index (κ2) is 3.30. The van der Waals surface area contributed by atoms with Gasteiger partial charge in [0.2, 0.25) is 5.92 Å². The highest BCUT2D eigenvalue weighted by atomic mass is 19.3. The van der Waals surface area contributed by atoms with Gasteiger partial charge in [0.1, 0.15) is 0 Å². The van der Waals surface area contributed by atoms with Crippen LogP contribution in [0, 0.1) is 0 Å². The second-order valence-electron chi connectivity index (χ2n) is 4.52. The molecule has 0 aliphatic heterocycles. The van der Waals surface area contributed by atoms with Gasteiger partial charge >= 0.3 is 0 Å². The molecule has 0 radical (unpaired) electrons. The molecule has 1 aliphatic rings. The zero-order chi connectivity index (χ0) is 11.1. The Balaban J connectivity index is 2.20. The molecule has 1 fully saturated rings. The van der Waals surface area contributed by atoms with E-state index in [1.54, 1.807) is 0 Å². The summed E-state index contributed by atoms with van der Waals surface area (Å²) in [6.07, 6.45) is 2.41. The topological polar surface area (TPSA) is 30.9 Å². The highest BCUT2D eigenvalue weighted by Crippen LogP contribution is 2.42. The van der Waals surface area contributed by atoms with E-state index in [1.165, 1.54) is 0 Å². The van der Waals surface area contributed by atoms with Crippen LogP contribution in [0.4, 0.5) is 8.78 Å². The Morgan fingerprint density at radius 3 is 2.33 bits per heavy atom. The summed E-state index contributed by atoms with van der Waals surface area (Å²) < 4.78 is 28.0. The Morgan fingerprint density at radius 1 is 1.27 bits per heavy atom. The number of halogens is 2. The van der Waals surface area contributed by atoms with Crippen LogP contribution in [0.2, 0.25) is 0 Å². The monoisotopic (exact) mass is 214 g/mol. The molecule has 1 aliphatic carbocycles. The number of aromatic nitrogens is 1. The third-order valence-corrected chi connectivity index (χ3v) is 3.33. The molecule has 2 N–H and O–H groups in total. The predicted molar refractivity (Wildman–Crippen MR) is 54.7 cm³/mol. The highest BCUT2D eigenvalue weighted by molar-refractivity contribution is 5.19. The van der Waals surface area contributed by atoms with E-state index < -0.39 is 11.5 Å². The first kappa shape index (κ1) is 10.6. The van der Waals surface area contributed by atoms with E-state index >= 15 is 0 Å². The minimum Gasteiger partial charge on any atom is -0.353 e. The summed E-state index contributed by atoms with van der Waals surface area (Å²) in [5, 5.41) is 0. The van der Waals surface area contributed by atoms with Crippen LogP contribution >= 0.6 is 0 Å². The van der Waals surface area contributed by atoms with E-state index in [4.69, 9.17) is 5.73 Å². The van der Waals surface area contributed by atoms with Crippen LogP contribution in [0.1, 0.15) is 31.4 Å². The number of nitrogens with two attached hydrogens (primary N) is 1. The van der Waals surface area contributed by atoms with Gasteiger partial charge in [0, 0.05) is 31.8 Å². The molecule has 0 bridgehead atoms. The first-order valence-corrected chi connectivity index (χ1v) is 5.22. The van der Waals surface area contributed by atoms with Gasteiger partial charge in [-0.05, 0) is 25.0 Å². The molecule has 2 nitrogen and oxygen atoms in total. The fourth-order valence-electron chi connectivity index (χ4n) is 2.30. The summed E-state index contributed by atoms with van der Waals surface area (Å²) in [6.45, 7) is 0. The Bertz CT molecular complexity index is 347. The van der Waals surface area contributed by atoms with Crippen LogP contribution in [-0.4, -0.2) is 10.5 Å². The number of hydrogen-bond donors (Lipinski definition) is 1. The van der Waals surface area contributed by atoms with Crippen molar-refractivity contribution in [3.63, 3.8) is 0 Å². The maximum absolute atomic E-state index is 13.0. The van der Waals surface area contributed by atoms with E-state index in [1.807, 2.05) is 29.9 Å². The lowest BCUT2D eigenvalue weighted by Gasteiger charge is -2.37. The third kappa shape index (κ3) is 1.91. The first-order valence-electron chi connectivity index (χ1n) is 5.22. The number of aryl methyl sites for hydroxylation is 1. The lowest BCUT2D eigenvalue weighted by Crippen LogP contribution is -2.44. The molecule has 1 aromatic heterocycles. The van der Waals surface area contributed by atoms with Gasteiger partial charge < -0.3 is 10.3 Å². The molecular weight excluding hydrogens is 198 g/mol. The molecule has 2 rings (SSSR count).